The van der Waals surface area contributed by atoms with Gasteiger partial charge in [-0.3, -0.25) is 14.2 Å². The normalized spacial score (nSPS) is 17.0. The molecule has 7 heteroatoms. The predicted octanol–water partition coefficient (Wildman–Crippen LogP) is 3.97. The molecule has 3 rings (SSSR count). The lowest BCUT2D eigenvalue weighted by atomic mass is 9.93. The predicted molar refractivity (Wildman–Crippen MR) is 135 cm³/mol. The molecule has 1 aliphatic rings. The number of hydrogen-bond donors (Lipinski definition) is 2. The number of unbranched alkanes of at least 4 members (excludes halogenated alkanes) is 1. The summed E-state index contributed by atoms with van der Waals surface area (Å²) in [5.74, 6) is 2.70. The van der Waals surface area contributed by atoms with E-state index in [0.717, 1.165) is 25.9 Å². The first-order valence-corrected chi connectivity index (χ1v) is 12.8. The molecule has 1 aliphatic heterocycles. The molecule has 1 amide bonds. The van der Waals surface area contributed by atoms with Gasteiger partial charge in [-0.1, -0.05) is 48.4 Å². The van der Waals surface area contributed by atoms with Gasteiger partial charge < -0.3 is 5.32 Å². The zero-order valence-electron chi connectivity index (χ0n) is 19.4. The van der Waals surface area contributed by atoms with Crippen molar-refractivity contribution in [3.8, 4) is 12.3 Å². The third kappa shape index (κ3) is 7.38. The van der Waals surface area contributed by atoms with E-state index in [0.29, 0.717) is 44.3 Å². The number of benzene rings is 2. The summed E-state index contributed by atoms with van der Waals surface area (Å²) in [4.78, 5) is 14.1. The van der Waals surface area contributed by atoms with E-state index in [1.807, 2.05) is 0 Å². The van der Waals surface area contributed by atoms with Crippen molar-refractivity contribution < 1.29 is 13.6 Å². The van der Waals surface area contributed by atoms with Gasteiger partial charge in [0.1, 0.15) is 0 Å². The molecule has 1 heterocycles. The van der Waals surface area contributed by atoms with Gasteiger partial charge in [-0.15, -0.1) is 6.42 Å². The Labute approximate surface area is 200 Å². The molecule has 0 radical (unpaired) electrons. The van der Waals surface area contributed by atoms with Gasteiger partial charge in [0.15, 0.2) is 0 Å². The van der Waals surface area contributed by atoms with Gasteiger partial charge in [0, 0.05) is 25.6 Å². The fraction of sp³-hybridized carbons (Fsp3) is 0.500. The molecule has 0 saturated carbocycles. The van der Waals surface area contributed by atoms with Crippen molar-refractivity contribution in [2.75, 3.05) is 32.7 Å². The summed E-state index contributed by atoms with van der Waals surface area (Å²) < 4.78 is 23.2. The van der Waals surface area contributed by atoms with Crippen molar-refractivity contribution in [3.63, 3.8) is 0 Å². The Kier molecular flexibility index (Phi) is 9.89. The molecule has 178 valence electrons. The average molecular weight is 470 g/mol. The second-order valence-corrected chi connectivity index (χ2v) is 9.76. The Balaban J connectivity index is 1.46. The lowest BCUT2D eigenvalue weighted by Gasteiger charge is -2.37. The van der Waals surface area contributed by atoms with Crippen LogP contribution in [0.3, 0.4) is 0 Å². The van der Waals surface area contributed by atoms with Crippen molar-refractivity contribution in [1.29, 1.82) is 0 Å². The van der Waals surface area contributed by atoms with Crippen LogP contribution in [0.25, 0.3) is 10.8 Å². The Hall–Kier alpha value is -2.24. The molecule has 1 fully saturated rings. The lowest BCUT2D eigenvalue weighted by molar-refractivity contribution is -0.120. The largest absolute Gasteiger partial charge is 0.345 e. The fourth-order valence-electron chi connectivity index (χ4n) is 4.67. The minimum Gasteiger partial charge on any atom is -0.345 e. The zero-order chi connectivity index (χ0) is 23.6. The molecule has 2 aromatic rings. The first-order chi connectivity index (χ1) is 16.0. The Morgan fingerprint density at radius 2 is 1.97 bits per heavy atom. The first-order valence-electron chi connectivity index (χ1n) is 11.8. The summed E-state index contributed by atoms with van der Waals surface area (Å²) in [5.41, 5.74) is 1.36. The SMILES string of the molecule is C#CCNC(=O)CCCCN(CC1CCN(C(C)c2cccc3ccccc23)CC1)S(=O)O. The van der Waals surface area contributed by atoms with E-state index in [4.69, 9.17) is 6.42 Å². The number of terminal acetylenes is 1. The molecule has 0 aliphatic carbocycles. The quantitative estimate of drug-likeness (QED) is 0.297. The maximum absolute atomic E-state index is 11.8. The summed E-state index contributed by atoms with van der Waals surface area (Å²) in [6.45, 7) is 5.61. The van der Waals surface area contributed by atoms with Crippen LogP contribution in [0.15, 0.2) is 42.5 Å². The van der Waals surface area contributed by atoms with Crippen LogP contribution in [0.1, 0.15) is 50.6 Å². The highest BCUT2D eigenvalue weighted by molar-refractivity contribution is 7.76. The Morgan fingerprint density at radius 1 is 1.24 bits per heavy atom. The standard InChI is InChI=1S/C26H35N3O3S/c1-3-16-27-26(30)13-6-7-17-29(33(31)32)20-22-14-18-28(19-15-22)21(2)24-12-8-10-23-9-4-5-11-25(23)24/h1,4-5,8-12,21-22H,6-7,13-20H2,2H3,(H,27,30)(H,31,32). The van der Waals surface area contributed by atoms with Crippen molar-refractivity contribution in [3.05, 3.63) is 48.0 Å². The highest BCUT2D eigenvalue weighted by atomic mass is 32.2. The fourth-order valence-corrected chi connectivity index (χ4v) is 5.29. The molecule has 2 unspecified atom stereocenters. The van der Waals surface area contributed by atoms with Crippen molar-refractivity contribution in [2.45, 2.75) is 45.1 Å². The van der Waals surface area contributed by atoms with Crippen molar-refractivity contribution in [2.24, 2.45) is 5.92 Å². The number of piperidine rings is 1. The van der Waals surface area contributed by atoms with Gasteiger partial charge in [0.05, 0.1) is 6.54 Å². The number of fused-ring (bicyclic) bond motifs is 1. The summed E-state index contributed by atoms with van der Waals surface area (Å²) >= 11 is -1.99. The minimum atomic E-state index is -1.99. The van der Waals surface area contributed by atoms with E-state index in [-0.39, 0.29) is 12.5 Å². The van der Waals surface area contributed by atoms with Crippen LogP contribution in [0.2, 0.25) is 0 Å². The van der Waals surface area contributed by atoms with Crippen LogP contribution >= 0.6 is 0 Å². The number of hydrogen-bond acceptors (Lipinski definition) is 3. The van der Waals surface area contributed by atoms with Gasteiger partial charge in [0.25, 0.3) is 0 Å². The van der Waals surface area contributed by atoms with Crippen LogP contribution in [-0.2, 0) is 16.1 Å². The second kappa shape index (κ2) is 12.9. The zero-order valence-corrected chi connectivity index (χ0v) is 20.2. The number of amides is 1. The highest BCUT2D eigenvalue weighted by Gasteiger charge is 2.26. The van der Waals surface area contributed by atoms with Gasteiger partial charge >= 0.3 is 0 Å². The maximum atomic E-state index is 11.8. The van der Waals surface area contributed by atoms with E-state index >= 15 is 0 Å². The molecule has 2 N–H and O–H groups in total. The topological polar surface area (TPSA) is 72.9 Å². The van der Waals surface area contributed by atoms with Crippen LogP contribution in [0.4, 0.5) is 0 Å². The third-order valence-electron chi connectivity index (χ3n) is 6.60. The van der Waals surface area contributed by atoms with E-state index < -0.39 is 11.3 Å². The molecule has 0 aromatic heterocycles. The average Bonchev–Trinajstić information content (AvgIpc) is 2.84. The summed E-state index contributed by atoms with van der Waals surface area (Å²) in [7, 11) is 0. The van der Waals surface area contributed by atoms with Crippen LogP contribution in [-0.4, -0.2) is 56.6 Å². The van der Waals surface area contributed by atoms with Crippen molar-refractivity contribution >= 4 is 27.9 Å². The van der Waals surface area contributed by atoms with Crippen molar-refractivity contribution in [1.82, 2.24) is 14.5 Å². The molecule has 6 nitrogen and oxygen atoms in total. The van der Waals surface area contributed by atoms with Crippen LogP contribution < -0.4 is 5.32 Å². The minimum absolute atomic E-state index is 0.0719. The molecule has 0 spiro atoms. The number of nitrogens with zero attached hydrogens (tertiary/aromatic N) is 2. The van der Waals surface area contributed by atoms with Gasteiger partial charge in [-0.05, 0) is 68.0 Å². The van der Waals surface area contributed by atoms with Gasteiger partial charge in [-0.25, -0.2) is 8.51 Å². The number of carbonyl (C=O) groups excluding carboxylic acids is 1. The van der Waals surface area contributed by atoms with E-state index in [2.05, 4.69) is 65.5 Å². The summed E-state index contributed by atoms with van der Waals surface area (Å²) in [5, 5.41) is 5.22. The smallest absolute Gasteiger partial charge is 0.234 e. The third-order valence-corrected chi connectivity index (χ3v) is 7.38. The molecular weight excluding hydrogens is 434 g/mol. The Bertz CT molecular complexity index is 977. The number of rotatable bonds is 11. The summed E-state index contributed by atoms with van der Waals surface area (Å²) in [6.07, 6.45) is 8.92. The van der Waals surface area contributed by atoms with Crippen LogP contribution in [0.5, 0.6) is 0 Å². The molecule has 1 saturated heterocycles. The molecule has 2 aromatic carbocycles. The molecule has 0 bridgehead atoms. The van der Waals surface area contributed by atoms with E-state index in [1.54, 1.807) is 4.31 Å². The van der Waals surface area contributed by atoms with Gasteiger partial charge in [0.2, 0.25) is 17.2 Å². The monoisotopic (exact) mass is 469 g/mol. The maximum Gasteiger partial charge on any atom is 0.234 e. The molecule has 2 atom stereocenters. The number of likely N-dealkylation sites (tertiary alicyclic amines) is 1. The molecular formula is C26H35N3O3S. The summed E-state index contributed by atoms with van der Waals surface area (Å²) in [6, 6.07) is 15.4. The van der Waals surface area contributed by atoms with E-state index in [1.165, 1.54) is 16.3 Å². The molecule has 33 heavy (non-hydrogen) atoms. The number of carbonyl (C=O) groups is 1. The Morgan fingerprint density at radius 3 is 2.70 bits per heavy atom. The number of nitrogens with one attached hydrogen (secondary N) is 1. The highest BCUT2D eigenvalue weighted by Crippen LogP contribution is 2.31. The van der Waals surface area contributed by atoms with Gasteiger partial charge in [-0.2, -0.15) is 0 Å². The lowest BCUT2D eigenvalue weighted by Crippen LogP contribution is -2.40. The first kappa shape index (κ1) is 25.4. The van der Waals surface area contributed by atoms with E-state index in [9.17, 15) is 13.6 Å². The second-order valence-electron chi connectivity index (χ2n) is 8.78. The van der Waals surface area contributed by atoms with Crippen LogP contribution in [0, 0.1) is 18.3 Å².